The number of nitrogens with one attached hydrogen (secondary N) is 1. The summed E-state index contributed by atoms with van der Waals surface area (Å²) in [5, 5.41) is 19.4. The number of nitriles is 1. The number of thiazole rings is 1. The zero-order chi connectivity index (χ0) is 24.8. The van der Waals surface area contributed by atoms with E-state index in [2.05, 4.69) is 32.3 Å². The summed E-state index contributed by atoms with van der Waals surface area (Å²) in [4.78, 5) is 9.46. The summed E-state index contributed by atoms with van der Waals surface area (Å²) in [7, 11) is 0. The molecule has 6 rings (SSSR count). The lowest BCUT2D eigenvalue weighted by molar-refractivity contribution is 0.955. The van der Waals surface area contributed by atoms with Crippen molar-refractivity contribution in [1.82, 2.24) is 19.6 Å². The smallest absolute Gasteiger partial charge is 0.178 e. The van der Waals surface area contributed by atoms with Crippen LogP contribution in [0.15, 0.2) is 77.3 Å². The summed E-state index contributed by atoms with van der Waals surface area (Å²) in [5.74, 6) is 0.639. The molecule has 0 aliphatic carbocycles. The Kier molecular flexibility index (Phi) is 5.57. The van der Waals surface area contributed by atoms with Crippen molar-refractivity contribution in [3.8, 4) is 27.9 Å². The minimum Gasteiger partial charge on any atom is -0.383 e. The van der Waals surface area contributed by atoms with Crippen molar-refractivity contribution in [2.24, 2.45) is 0 Å². The number of halogens is 2. The fraction of sp³-hybridized carbons (Fsp3) is 0. The molecule has 0 atom stereocenters. The lowest BCUT2D eigenvalue weighted by Crippen LogP contribution is -2.05. The summed E-state index contributed by atoms with van der Waals surface area (Å²) in [6, 6.07) is 25.1. The van der Waals surface area contributed by atoms with E-state index in [0.717, 1.165) is 30.9 Å². The Morgan fingerprint density at radius 1 is 1.00 bits per heavy atom. The van der Waals surface area contributed by atoms with Gasteiger partial charge in [-0.15, -0.1) is 16.4 Å². The minimum absolute atomic E-state index is 0.272. The zero-order valence-corrected chi connectivity index (χ0v) is 21.6. The zero-order valence-electron chi connectivity index (χ0n) is 18.4. The van der Waals surface area contributed by atoms with Gasteiger partial charge in [0.15, 0.2) is 11.5 Å². The molecule has 7 nitrogen and oxygen atoms in total. The molecule has 0 fully saturated rings. The predicted molar refractivity (Wildman–Crippen MR) is 149 cm³/mol. The number of anilines is 3. The summed E-state index contributed by atoms with van der Waals surface area (Å²) in [6.45, 7) is 0. The second-order valence-corrected chi connectivity index (χ2v) is 10.3. The Morgan fingerprint density at radius 2 is 1.75 bits per heavy atom. The van der Waals surface area contributed by atoms with Gasteiger partial charge in [-0.25, -0.2) is 14.5 Å². The predicted octanol–water partition coefficient (Wildman–Crippen LogP) is 7.29. The van der Waals surface area contributed by atoms with E-state index in [1.165, 1.54) is 11.3 Å². The molecule has 0 bridgehead atoms. The molecule has 0 saturated carbocycles. The molecule has 174 valence electrons. The molecule has 3 N–H and O–H groups in total. The van der Waals surface area contributed by atoms with Gasteiger partial charge in [0.25, 0.3) is 0 Å². The quantitative estimate of drug-likeness (QED) is 0.230. The number of nitrogen functional groups attached to an aromatic ring is 1. The standard InChI is InChI=1S/C26H15BrClN7S/c27-15-7-5-14(6-8-15)22-21(26-32-19-3-1-2-4-20(19)36-26)23(30)33-25-18(13-29)24(34-35(22)25)31-17-11-9-16(28)10-12-17/h1-12H,(H2,30,33)(H,31,34). The molecule has 0 aliphatic heterocycles. The van der Waals surface area contributed by atoms with E-state index in [9.17, 15) is 5.26 Å². The van der Waals surface area contributed by atoms with Crippen LogP contribution in [0.4, 0.5) is 17.3 Å². The average Bonchev–Trinajstić information content (AvgIpc) is 3.45. The van der Waals surface area contributed by atoms with Gasteiger partial charge in [-0.1, -0.05) is 51.8 Å². The molecule has 0 amide bonds. The number of hydrogen-bond donors (Lipinski definition) is 2. The van der Waals surface area contributed by atoms with Crippen molar-refractivity contribution in [2.45, 2.75) is 0 Å². The first-order chi connectivity index (χ1) is 17.5. The number of fused-ring (bicyclic) bond motifs is 2. The van der Waals surface area contributed by atoms with E-state index in [1.807, 2.05) is 60.7 Å². The SMILES string of the molecule is N#Cc1c(Nc2ccc(Cl)cc2)nn2c(-c3ccc(Br)cc3)c(-c3nc4ccccc4s3)c(N)nc12. The lowest BCUT2D eigenvalue weighted by Gasteiger charge is -2.12. The fourth-order valence-corrected chi connectivity index (χ4v) is 5.40. The second kappa shape index (κ2) is 8.91. The Labute approximate surface area is 222 Å². The van der Waals surface area contributed by atoms with E-state index in [1.54, 1.807) is 16.6 Å². The van der Waals surface area contributed by atoms with Crippen LogP contribution in [-0.2, 0) is 0 Å². The molecule has 10 heteroatoms. The van der Waals surface area contributed by atoms with Crippen molar-refractivity contribution < 1.29 is 0 Å². The van der Waals surface area contributed by atoms with Gasteiger partial charge < -0.3 is 11.1 Å². The third kappa shape index (κ3) is 3.85. The minimum atomic E-state index is 0.272. The van der Waals surface area contributed by atoms with Crippen LogP contribution in [-0.4, -0.2) is 19.6 Å². The Balaban J connectivity index is 1.64. The van der Waals surface area contributed by atoms with Crippen LogP contribution in [0.5, 0.6) is 0 Å². The van der Waals surface area contributed by atoms with Crippen molar-refractivity contribution in [3.05, 3.63) is 87.9 Å². The van der Waals surface area contributed by atoms with Crippen LogP contribution in [0.1, 0.15) is 5.56 Å². The van der Waals surface area contributed by atoms with Gasteiger partial charge in [0, 0.05) is 20.7 Å². The fourth-order valence-electron chi connectivity index (χ4n) is 3.99. The summed E-state index contributed by atoms with van der Waals surface area (Å²) in [6.07, 6.45) is 0. The largest absolute Gasteiger partial charge is 0.383 e. The molecular weight excluding hydrogens is 558 g/mol. The van der Waals surface area contributed by atoms with Crippen molar-refractivity contribution >= 4 is 72.1 Å². The van der Waals surface area contributed by atoms with E-state index in [0.29, 0.717) is 27.7 Å². The maximum absolute atomic E-state index is 10.0. The Bertz CT molecular complexity index is 1770. The molecule has 3 heterocycles. The molecule has 0 radical (unpaired) electrons. The third-order valence-electron chi connectivity index (χ3n) is 5.64. The number of hydrogen-bond acceptors (Lipinski definition) is 7. The number of aromatic nitrogens is 4. The number of nitrogens with zero attached hydrogens (tertiary/aromatic N) is 5. The molecule has 6 aromatic rings. The van der Waals surface area contributed by atoms with E-state index in [4.69, 9.17) is 27.4 Å². The first-order valence-corrected chi connectivity index (χ1v) is 12.8. The van der Waals surface area contributed by atoms with Crippen LogP contribution in [0.3, 0.4) is 0 Å². The molecule has 36 heavy (non-hydrogen) atoms. The van der Waals surface area contributed by atoms with E-state index < -0.39 is 0 Å². The molecule has 3 aromatic heterocycles. The highest BCUT2D eigenvalue weighted by molar-refractivity contribution is 9.10. The lowest BCUT2D eigenvalue weighted by atomic mass is 10.1. The van der Waals surface area contributed by atoms with Crippen molar-refractivity contribution in [1.29, 1.82) is 5.26 Å². The molecular formula is C26H15BrClN7S. The number of nitrogens with two attached hydrogens (primary N) is 1. The van der Waals surface area contributed by atoms with Crippen LogP contribution in [0.2, 0.25) is 5.02 Å². The molecule has 0 spiro atoms. The third-order valence-corrected chi connectivity index (χ3v) is 7.47. The first kappa shape index (κ1) is 22.5. The van der Waals surface area contributed by atoms with Gasteiger partial charge in [-0.3, -0.25) is 0 Å². The normalized spacial score (nSPS) is 11.1. The maximum Gasteiger partial charge on any atom is 0.178 e. The average molecular weight is 573 g/mol. The topological polar surface area (TPSA) is 105 Å². The highest BCUT2D eigenvalue weighted by Crippen LogP contribution is 2.41. The second-order valence-electron chi connectivity index (χ2n) is 7.92. The number of para-hydroxylation sites is 1. The Morgan fingerprint density at radius 3 is 2.47 bits per heavy atom. The summed E-state index contributed by atoms with van der Waals surface area (Å²) < 4.78 is 3.64. The first-order valence-electron chi connectivity index (χ1n) is 10.8. The molecule has 0 unspecified atom stereocenters. The van der Waals surface area contributed by atoms with Gasteiger partial charge in [-0.05, 0) is 48.5 Å². The van der Waals surface area contributed by atoms with Crippen LogP contribution < -0.4 is 11.1 Å². The number of benzene rings is 3. The Hall–Kier alpha value is -3.97. The molecule has 3 aromatic carbocycles. The van der Waals surface area contributed by atoms with Crippen LogP contribution in [0, 0.1) is 11.3 Å². The van der Waals surface area contributed by atoms with Gasteiger partial charge >= 0.3 is 0 Å². The van der Waals surface area contributed by atoms with Crippen LogP contribution >= 0.6 is 38.9 Å². The molecule has 0 saturated heterocycles. The van der Waals surface area contributed by atoms with E-state index >= 15 is 0 Å². The van der Waals surface area contributed by atoms with Gasteiger partial charge in [0.2, 0.25) is 0 Å². The molecule has 0 aliphatic rings. The monoisotopic (exact) mass is 571 g/mol. The summed E-state index contributed by atoms with van der Waals surface area (Å²) in [5.41, 5.74) is 11.0. The van der Waals surface area contributed by atoms with Gasteiger partial charge in [-0.2, -0.15) is 5.26 Å². The van der Waals surface area contributed by atoms with Crippen LogP contribution in [0.25, 0.3) is 37.7 Å². The highest BCUT2D eigenvalue weighted by Gasteiger charge is 2.25. The highest BCUT2D eigenvalue weighted by atomic mass is 79.9. The number of rotatable bonds is 4. The van der Waals surface area contributed by atoms with E-state index in [-0.39, 0.29) is 11.4 Å². The summed E-state index contributed by atoms with van der Waals surface area (Å²) >= 11 is 11.1. The van der Waals surface area contributed by atoms with Gasteiger partial charge in [0.05, 0.1) is 21.5 Å². The van der Waals surface area contributed by atoms with Crippen molar-refractivity contribution in [2.75, 3.05) is 11.1 Å². The van der Waals surface area contributed by atoms with Crippen molar-refractivity contribution in [3.63, 3.8) is 0 Å². The van der Waals surface area contributed by atoms with Gasteiger partial charge in [0.1, 0.15) is 22.5 Å². The maximum atomic E-state index is 10.0.